The lowest BCUT2D eigenvalue weighted by molar-refractivity contribution is 0.0696. The summed E-state index contributed by atoms with van der Waals surface area (Å²) in [4.78, 5) is 14.8. The molecule has 0 radical (unpaired) electrons. The third-order valence-corrected chi connectivity index (χ3v) is 3.49. The summed E-state index contributed by atoms with van der Waals surface area (Å²) in [6, 6.07) is 7.02. The quantitative estimate of drug-likeness (QED) is 0.848. The Labute approximate surface area is 126 Å². The molecule has 1 N–H and O–H groups in total. The molecule has 0 bridgehead atoms. The summed E-state index contributed by atoms with van der Waals surface area (Å²) >= 11 is 6.75. The maximum Gasteiger partial charge on any atom is 0.337 e. The molecule has 98 valence electrons. The highest BCUT2D eigenvalue weighted by Crippen LogP contribution is 2.32. The molecule has 4 nitrogen and oxygen atoms in total. The fraction of sp³-hybridized carbons (Fsp3) is 0.0769. The monoisotopic (exact) mass is 385 g/mol. The van der Waals surface area contributed by atoms with E-state index in [0.717, 1.165) is 8.95 Å². The number of carboxylic acids is 1. The number of aromatic carboxylic acids is 1. The first-order valence-corrected chi connectivity index (χ1v) is 6.89. The third-order valence-electron chi connectivity index (χ3n) is 2.38. The molecule has 2 rings (SSSR count). The van der Waals surface area contributed by atoms with Crippen molar-refractivity contribution < 1.29 is 14.6 Å². The van der Waals surface area contributed by atoms with Gasteiger partial charge in [0.15, 0.2) is 0 Å². The molecule has 0 saturated heterocycles. The minimum Gasteiger partial charge on any atom is -0.478 e. The van der Waals surface area contributed by atoms with Gasteiger partial charge in [0.1, 0.15) is 5.75 Å². The molecule has 0 atom stereocenters. The lowest BCUT2D eigenvalue weighted by Crippen LogP contribution is -2.00. The van der Waals surface area contributed by atoms with Gasteiger partial charge in [-0.3, -0.25) is 0 Å². The van der Waals surface area contributed by atoms with Gasteiger partial charge in [-0.1, -0.05) is 15.9 Å². The molecule has 0 aliphatic heterocycles. The van der Waals surface area contributed by atoms with Gasteiger partial charge in [0.05, 0.1) is 10.0 Å². The molecule has 1 heterocycles. The third kappa shape index (κ3) is 3.33. The number of nitrogens with zero attached hydrogens (tertiary/aromatic N) is 1. The molecule has 0 unspecified atom stereocenters. The Kier molecular flexibility index (Phi) is 4.21. The first-order valence-electron chi connectivity index (χ1n) is 5.30. The highest BCUT2D eigenvalue weighted by Gasteiger charge is 2.10. The smallest absolute Gasteiger partial charge is 0.337 e. The van der Waals surface area contributed by atoms with E-state index in [1.54, 1.807) is 13.0 Å². The summed E-state index contributed by atoms with van der Waals surface area (Å²) < 4.78 is 7.37. The highest BCUT2D eigenvalue weighted by atomic mass is 79.9. The number of carbonyl (C=O) groups is 1. The van der Waals surface area contributed by atoms with E-state index in [2.05, 4.69) is 36.8 Å². The average molecular weight is 387 g/mol. The van der Waals surface area contributed by atoms with E-state index in [9.17, 15) is 4.79 Å². The molecule has 2 aromatic rings. The Hall–Kier alpha value is -1.40. The van der Waals surface area contributed by atoms with Gasteiger partial charge >= 0.3 is 5.97 Å². The summed E-state index contributed by atoms with van der Waals surface area (Å²) in [7, 11) is 0. The summed E-state index contributed by atoms with van der Waals surface area (Å²) in [6.07, 6.45) is 1.28. The number of aromatic nitrogens is 1. The van der Waals surface area contributed by atoms with Crippen LogP contribution in [0, 0.1) is 6.92 Å². The second-order valence-electron chi connectivity index (χ2n) is 3.83. The Bertz CT molecular complexity index is 644. The molecule has 1 aromatic heterocycles. The van der Waals surface area contributed by atoms with Crippen LogP contribution in [0.5, 0.6) is 11.6 Å². The van der Waals surface area contributed by atoms with Crippen LogP contribution in [0.3, 0.4) is 0 Å². The lowest BCUT2D eigenvalue weighted by atomic mass is 10.2. The number of hydrogen-bond acceptors (Lipinski definition) is 3. The normalized spacial score (nSPS) is 10.3. The zero-order chi connectivity index (χ0) is 14.0. The molecule has 0 fully saturated rings. The van der Waals surface area contributed by atoms with E-state index in [0.29, 0.717) is 17.2 Å². The van der Waals surface area contributed by atoms with E-state index in [4.69, 9.17) is 9.84 Å². The van der Waals surface area contributed by atoms with Crippen molar-refractivity contribution in [3.05, 3.63) is 50.5 Å². The lowest BCUT2D eigenvalue weighted by Gasteiger charge is -2.09. The van der Waals surface area contributed by atoms with Crippen molar-refractivity contribution in [3.63, 3.8) is 0 Å². The number of carboxylic acid groups (broad SMARTS) is 1. The van der Waals surface area contributed by atoms with Crippen LogP contribution < -0.4 is 4.74 Å². The van der Waals surface area contributed by atoms with Crippen molar-refractivity contribution in [2.24, 2.45) is 0 Å². The summed E-state index contributed by atoms with van der Waals surface area (Å²) in [5, 5.41) is 8.87. The van der Waals surface area contributed by atoms with Crippen LogP contribution in [0.2, 0.25) is 0 Å². The standard InChI is InChI=1S/C13H9Br2NO3/c1-7-4-8(13(17)18)6-16-12(7)19-11-3-2-9(14)5-10(11)15/h2-6H,1H3,(H,17,18). The molecule has 1 aromatic carbocycles. The van der Waals surface area contributed by atoms with Crippen molar-refractivity contribution in [3.8, 4) is 11.6 Å². The van der Waals surface area contributed by atoms with E-state index < -0.39 is 5.97 Å². The summed E-state index contributed by atoms with van der Waals surface area (Å²) in [5.41, 5.74) is 0.800. The van der Waals surface area contributed by atoms with Gasteiger partial charge < -0.3 is 9.84 Å². The van der Waals surface area contributed by atoms with Crippen LogP contribution in [0.4, 0.5) is 0 Å². The molecule has 0 saturated carbocycles. The molecule has 0 amide bonds. The summed E-state index contributed by atoms with van der Waals surface area (Å²) in [5.74, 6) is -0.0122. The first-order chi connectivity index (χ1) is 8.97. The molecule has 19 heavy (non-hydrogen) atoms. The maximum atomic E-state index is 10.8. The molecule has 0 aliphatic carbocycles. The second-order valence-corrected chi connectivity index (χ2v) is 5.60. The van der Waals surface area contributed by atoms with Gasteiger partial charge in [0.2, 0.25) is 5.88 Å². The number of benzene rings is 1. The fourth-order valence-electron chi connectivity index (χ4n) is 1.45. The number of rotatable bonds is 3. The Morgan fingerprint density at radius 1 is 1.32 bits per heavy atom. The number of aryl methyl sites for hydroxylation is 1. The summed E-state index contributed by atoms with van der Waals surface area (Å²) in [6.45, 7) is 1.75. The largest absolute Gasteiger partial charge is 0.478 e. The molecular weight excluding hydrogens is 378 g/mol. The number of hydrogen-bond donors (Lipinski definition) is 1. The minimum absolute atomic E-state index is 0.139. The molecule has 0 aliphatic rings. The van der Waals surface area contributed by atoms with E-state index in [1.165, 1.54) is 12.3 Å². The number of halogens is 2. The van der Waals surface area contributed by atoms with Crippen LogP contribution in [-0.4, -0.2) is 16.1 Å². The predicted octanol–water partition coefficient (Wildman–Crippen LogP) is 4.41. The van der Waals surface area contributed by atoms with Gasteiger partial charge in [0.25, 0.3) is 0 Å². The zero-order valence-corrected chi connectivity index (χ0v) is 13.0. The Morgan fingerprint density at radius 3 is 2.63 bits per heavy atom. The number of pyridine rings is 1. The first kappa shape index (κ1) is 14.0. The minimum atomic E-state index is -1.01. The van der Waals surface area contributed by atoms with E-state index in [-0.39, 0.29) is 5.56 Å². The zero-order valence-electron chi connectivity index (χ0n) is 9.85. The Balaban J connectivity index is 2.31. The predicted molar refractivity (Wildman–Crippen MR) is 77.8 cm³/mol. The van der Waals surface area contributed by atoms with Crippen LogP contribution in [-0.2, 0) is 0 Å². The maximum absolute atomic E-state index is 10.8. The fourth-order valence-corrected chi connectivity index (χ4v) is 2.58. The van der Waals surface area contributed by atoms with Crippen molar-refractivity contribution in [2.45, 2.75) is 6.92 Å². The van der Waals surface area contributed by atoms with Crippen LogP contribution in [0.1, 0.15) is 15.9 Å². The average Bonchev–Trinajstić information content (AvgIpc) is 2.34. The van der Waals surface area contributed by atoms with Crippen molar-refractivity contribution in [1.29, 1.82) is 0 Å². The van der Waals surface area contributed by atoms with Crippen LogP contribution in [0.25, 0.3) is 0 Å². The van der Waals surface area contributed by atoms with Gasteiger partial charge in [0, 0.05) is 16.2 Å². The van der Waals surface area contributed by atoms with Crippen LogP contribution >= 0.6 is 31.9 Å². The SMILES string of the molecule is Cc1cc(C(=O)O)cnc1Oc1ccc(Br)cc1Br. The Morgan fingerprint density at radius 2 is 2.05 bits per heavy atom. The van der Waals surface area contributed by atoms with E-state index >= 15 is 0 Å². The molecular formula is C13H9Br2NO3. The van der Waals surface area contributed by atoms with Gasteiger partial charge in [-0.25, -0.2) is 9.78 Å². The van der Waals surface area contributed by atoms with Crippen LogP contribution in [0.15, 0.2) is 39.4 Å². The van der Waals surface area contributed by atoms with Gasteiger partial charge in [-0.05, 0) is 47.1 Å². The molecule has 0 spiro atoms. The van der Waals surface area contributed by atoms with Crippen molar-refractivity contribution >= 4 is 37.8 Å². The highest BCUT2D eigenvalue weighted by molar-refractivity contribution is 9.11. The van der Waals surface area contributed by atoms with E-state index in [1.807, 2.05) is 12.1 Å². The van der Waals surface area contributed by atoms with Crippen molar-refractivity contribution in [1.82, 2.24) is 4.98 Å². The number of ether oxygens (including phenoxy) is 1. The van der Waals surface area contributed by atoms with Gasteiger partial charge in [-0.2, -0.15) is 0 Å². The molecule has 6 heteroatoms. The topological polar surface area (TPSA) is 59.4 Å². The van der Waals surface area contributed by atoms with Crippen molar-refractivity contribution in [2.75, 3.05) is 0 Å². The second kappa shape index (κ2) is 5.71. The van der Waals surface area contributed by atoms with Gasteiger partial charge in [-0.15, -0.1) is 0 Å².